The molecular formula is C10H20O3. The highest BCUT2D eigenvalue weighted by Crippen LogP contribution is 2.03. The smallest absolute Gasteiger partial charge is 0.306 e. The van der Waals surface area contributed by atoms with Gasteiger partial charge in [0.25, 0.3) is 0 Å². The van der Waals surface area contributed by atoms with Crippen LogP contribution >= 0.6 is 0 Å². The first kappa shape index (κ1) is 12.4. The molecule has 0 aliphatic heterocycles. The molecule has 0 radical (unpaired) electrons. The van der Waals surface area contributed by atoms with Crippen LogP contribution in [0.25, 0.3) is 0 Å². The molecule has 0 fully saturated rings. The minimum atomic E-state index is -0.137. The maximum absolute atomic E-state index is 11.1. The average molecular weight is 188 g/mol. The van der Waals surface area contributed by atoms with Gasteiger partial charge >= 0.3 is 5.97 Å². The Morgan fingerprint density at radius 2 is 1.92 bits per heavy atom. The highest BCUT2D eigenvalue weighted by molar-refractivity contribution is 5.69. The van der Waals surface area contributed by atoms with Crippen molar-refractivity contribution in [3.8, 4) is 0 Å². The maximum atomic E-state index is 11.1. The van der Waals surface area contributed by atoms with Crippen LogP contribution in [-0.4, -0.2) is 25.3 Å². The van der Waals surface area contributed by atoms with Crippen molar-refractivity contribution in [3.05, 3.63) is 0 Å². The molecule has 0 N–H and O–H groups in total. The summed E-state index contributed by atoms with van der Waals surface area (Å²) < 4.78 is 10.2. The normalized spacial score (nSPS) is 13.0. The SMILES string of the molecule is CCOCC(C)OC(=O)CC(C)C. The highest BCUT2D eigenvalue weighted by atomic mass is 16.6. The number of hydrogen-bond acceptors (Lipinski definition) is 3. The topological polar surface area (TPSA) is 35.5 Å². The lowest BCUT2D eigenvalue weighted by molar-refractivity contribution is -0.151. The van der Waals surface area contributed by atoms with Gasteiger partial charge in [-0.25, -0.2) is 0 Å². The molecule has 1 atom stereocenters. The Morgan fingerprint density at radius 1 is 1.31 bits per heavy atom. The van der Waals surface area contributed by atoms with Crippen molar-refractivity contribution >= 4 is 5.97 Å². The standard InChI is InChI=1S/C10H20O3/c1-5-12-7-9(4)13-10(11)6-8(2)3/h8-9H,5-7H2,1-4H3. The number of ether oxygens (including phenoxy) is 2. The molecule has 0 saturated carbocycles. The minimum Gasteiger partial charge on any atom is -0.460 e. The monoisotopic (exact) mass is 188 g/mol. The van der Waals surface area contributed by atoms with Crippen LogP contribution in [0.15, 0.2) is 0 Å². The molecule has 0 aromatic heterocycles. The summed E-state index contributed by atoms with van der Waals surface area (Å²) in [6.07, 6.45) is 0.349. The van der Waals surface area contributed by atoms with Crippen molar-refractivity contribution in [1.29, 1.82) is 0 Å². The third kappa shape index (κ3) is 7.78. The zero-order valence-electron chi connectivity index (χ0n) is 9.00. The van der Waals surface area contributed by atoms with Gasteiger partial charge in [-0.1, -0.05) is 13.8 Å². The quantitative estimate of drug-likeness (QED) is 0.598. The number of carbonyl (C=O) groups is 1. The van der Waals surface area contributed by atoms with Gasteiger partial charge in [0.2, 0.25) is 0 Å². The molecule has 0 aliphatic rings. The van der Waals surface area contributed by atoms with E-state index in [1.807, 2.05) is 27.7 Å². The summed E-state index contributed by atoms with van der Waals surface area (Å²) in [4.78, 5) is 11.1. The molecular weight excluding hydrogens is 168 g/mol. The summed E-state index contributed by atoms with van der Waals surface area (Å²) >= 11 is 0. The predicted molar refractivity (Wildman–Crippen MR) is 51.5 cm³/mol. The van der Waals surface area contributed by atoms with Gasteiger partial charge in [-0.05, 0) is 19.8 Å². The second kappa shape index (κ2) is 6.89. The van der Waals surface area contributed by atoms with E-state index in [2.05, 4.69) is 0 Å². The second-order valence-corrected chi connectivity index (χ2v) is 3.56. The van der Waals surface area contributed by atoms with Gasteiger partial charge in [0, 0.05) is 13.0 Å². The van der Waals surface area contributed by atoms with Crippen molar-refractivity contribution in [2.75, 3.05) is 13.2 Å². The summed E-state index contributed by atoms with van der Waals surface area (Å²) in [5, 5.41) is 0. The van der Waals surface area contributed by atoms with Crippen LogP contribution in [0, 0.1) is 5.92 Å². The largest absolute Gasteiger partial charge is 0.460 e. The van der Waals surface area contributed by atoms with E-state index in [0.29, 0.717) is 25.6 Å². The van der Waals surface area contributed by atoms with Crippen molar-refractivity contribution in [2.45, 2.75) is 40.2 Å². The summed E-state index contributed by atoms with van der Waals surface area (Å²) in [5.74, 6) is 0.217. The van der Waals surface area contributed by atoms with Gasteiger partial charge in [-0.15, -0.1) is 0 Å². The molecule has 0 rings (SSSR count). The van der Waals surface area contributed by atoms with Crippen LogP contribution in [0.1, 0.15) is 34.1 Å². The summed E-state index contributed by atoms with van der Waals surface area (Å²) in [6, 6.07) is 0. The molecule has 13 heavy (non-hydrogen) atoms. The van der Waals surface area contributed by atoms with Crippen LogP contribution in [0.2, 0.25) is 0 Å². The van der Waals surface area contributed by atoms with E-state index in [-0.39, 0.29) is 12.1 Å². The van der Waals surface area contributed by atoms with Crippen molar-refractivity contribution in [1.82, 2.24) is 0 Å². The predicted octanol–water partition coefficient (Wildman–Crippen LogP) is 2.00. The molecule has 0 heterocycles. The number of esters is 1. The lowest BCUT2D eigenvalue weighted by Crippen LogP contribution is -2.21. The molecule has 3 nitrogen and oxygen atoms in total. The van der Waals surface area contributed by atoms with E-state index in [4.69, 9.17) is 9.47 Å². The van der Waals surface area contributed by atoms with Gasteiger partial charge in [-0.2, -0.15) is 0 Å². The maximum Gasteiger partial charge on any atom is 0.306 e. The van der Waals surface area contributed by atoms with E-state index in [1.165, 1.54) is 0 Å². The summed E-state index contributed by atoms with van der Waals surface area (Å²) in [6.45, 7) is 8.89. The van der Waals surface area contributed by atoms with E-state index in [1.54, 1.807) is 0 Å². The molecule has 0 spiro atoms. The van der Waals surface area contributed by atoms with Crippen LogP contribution in [-0.2, 0) is 14.3 Å². The number of rotatable bonds is 6. The number of hydrogen-bond donors (Lipinski definition) is 0. The van der Waals surface area contributed by atoms with Gasteiger partial charge in [0.1, 0.15) is 6.10 Å². The lowest BCUT2D eigenvalue weighted by atomic mass is 10.1. The summed E-state index contributed by atoms with van der Waals surface area (Å²) in [5.41, 5.74) is 0. The van der Waals surface area contributed by atoms with Gasteiger partial charge in [-0.3, -0.25) is 4.79 Å². The van der Waals surface area contributed by atoms with Crippen LogP contribution < -0.4 is 0 Å². The Morgan fingerprint density at radius 3 is 2.38 bits per heavy atom. The molecule has 0 bridgehead atoms. The molecule has 1 unspecified atom stereocenters. The highest BCUT2D eigenvalue weighted by Gasteiger charge is 2.10. The molecule has 0 aromatic rings. The third-order valence-corrected chi connectivity index (χ3v) is 1.46. The fraction of sp³-hybridized carbons (Fsp3) is 0.900. The Balaban J connectivity index is 3.53. The first-order valence-corrected chi connectivity index (χ1v) is 4.83. The van der Waals surface area contributed by atoms with Crippen LogP contribution in [0.5, 0.6) is 0 Å². The molecule has 0 saturated heterocycles. The van der Waals surface area contributed by atoms with Crippen molar-refractivity contribution < 1.29 is 14.3 Å². The number of carbonyl (C=O) groups excluding carboxylic acids is 1. The third-order valence-electron chi connectivity index (χ3n) is 1.46. The van der Waals surface area contributed by atoms with E-state index in [9.17, 15) is 4.79 Å². The van der Waals surface area contributed by atoms with Crippen molar-refractivity contribution in [3.63, 3.8) is 0 Å². The molecule has 0 amide bonds. The average Bonchev–Trinajstić information content (AvgIpc) is 1.98. The van der Waals surface area contributed by atoms with Crippen LogP contribution in [0.3, 0.4) is 0 Å². The van der Waals surface area contributed by atoms with Gasteiger partial charge < -0.3 is 9.47 Å². The van der Waals surface area contributed by atoms with E-state index < -0.39 is 0 Å². The molecule has 3 heteroatoms. The first-order valence-electron chi connectivity index (χ1n) is 4.83. The van der Waals surface area contributed by atoms with Crippen LogP contribution in [0.4, 0.5) is 0 Å². The van der Waals surface area contributed by atoms with E-state index >= 15 is 0 Å². The fourth-order valence-corrected chi connectivity index (χ4v) is 0.924. The molecule has 78 valence electrons. The first-order chi connectivity index (χ1) is 6.06. The molecule has 0 aromatic carbocycles. The Bertz CT molecular complexity index is 143. The van der Waals surface area contributed by atoms with Gasteiger partial charge in [0.15, 0.2) is 0 Å². The fourth-order valence-electron chi connectivity index (χ4n) is 0.924. The van der Waals surface area contributed by atoms with E-state index in [0.717, 1.165) is 0 Å². The zero-order valence-corrected chi connectivity index (χ0v) is 9.00. The Kier molecular flexibility index (Phi) is 6.59. The van der Waals surface area contributed by atoms with Crippen molar-refractivity contribution in [2.24, 2.45) is 5.92 Å². The minimum absolute atomic E-state index is 0.133. The summed E-state index contributed by atoms with van der Waals surface area (Å²) in [7, 11) is 0. The Labute approximate surface area is 80.4 Å². The Hall–Kier alpha value is -0.570. The van der Waals surface area contributed by atoms with Gasteiger partial charge in [0.05, 0.1) is 6.61 Å². The second-order valence-electron chi connectivity index (χ2n) is 3.56. The zero-order chi connectivity index (χ0) is 10.3. The lowest BCUT2D eigenvalue weighted by Gasteiger charge is -2.13. The molecule has 0 aliphatic carbocycles.